The highest BCUT2D eigenvalue weighted by Gasteiger charge is 2.52. The van der Waals surface area contributed by atoms with E-state index in [2.05, 4.69) is 4.90 Å². The van der Waals surface area contributed by atoms with Gasteiger partial charge < -0.3 is 25.1 Å². The molecule has 1 atom stereocenters. The van der Waals surface area contributed by atoms with Crippen LogP contribution in [0.2, 0.25) is 5.02 Å². The highest BCUT2D eigenvalue weighted by molar-refractivity contribution is 6.33. The maximum absolute atomic E-state index is 12.7. The van der Waals surface area contributed by atoms with E-state index in [9.17, 15) is 18.3 Å². The number of hydrogen-bond acceptors (Lipinski definition) is 7. The van der Waals surface area contributed by atoms with Crippen LogP contribution in [0.5, 0.6) is 5.75 Å². The topological polar surface area (TPSA) is 85.6 Å². The Morgan fingerprint density at radius 2 is 1.85 bits per heavy atom. The molecule has 7 nitrogen and oxygen atoms in total. The van der Waals surface area contributed by atoms with Crippen LogP contribution in [0.25, 0.3) is 17.0 Å². The lowest BCUT2D eigenvalue weighted by Crippen LogP contribution is -2.72. The summed E-state index contributed by atoms with van der Waals surface area (Å²) in [5.74, 6) is 1.66. The van der Waals surface area contributed by atoms with Gasteiger partial charge in [0.25, 0.3) is 0 Å². The summed E-state index contributed by atoms with van der Waals surface area (Å²) in [4.78, 5) is 13.8. The lowest BCUT2D eigenvalue weighted by atomic mass is 9.72. The first-order chi connectivity index (χ1) is 19.2. The van der Waals surface area contributed by atoms with Crippen molar-refractivity contribution in [2.45, 2.75) is 66.2 Å². The highest BCUT2D eigenvalue weighted by atomic mass is 35.5. The first-order valence-electron chi connectivity index (χ1n) is 14.0. The normalized spacial score (nSPS) is 17.2. The van der Waals surface area contributed by atoms with E-state index in [0.29, 0.717) is 66.2 Å². The van der Waals surface area contributed by atoms with Crippen molar-refractivity contribution in [2.75, 3.05) is 44.2 Å². The van der Waals surface area contributed by atoms with Gasteiger partial charge in [0.15, 0.2) is 5.82 Å². The predicted octanol–water partition coefficient (Wildman–Crippen LogP) is 6.55. The fraction of sp³-hybridized carbons (Fsp3) is 0.567. The number of aromatic nitrogens is 2. The molecule has 3 heterocycles. The summed E-state index contributed by atoms with van der Waals surface area (Å²) in [5.41, 5.74) is 4.09. The molecular formula is C30H39ClF3N5O2. The van der Waals surface area contributed by atoms with Crippen LogP contribution in [0.3, 0.4) is 0 Å². The standard InChI is InChI=1S/C30H39ClF3N5O2/c1-6-7-21(40)13-41-22-8-9-24(31)23(12-22)27-36-26(25(18(2)3)20(5)35)19(4)28(37-27)39-16-29(17-39)14-38(15-29)11-10-30(32,33)34/h8-9,12,21,35,40H,6-7,10-11,13-17H2,1-5H3/t21-/m1/s1. The Morgan fingerprint density at radius 3 is 2.44 bits per heavy atom. The number of benzene rings is 1. The minimum absolute atomic E-state index is 0.0288. The van der Waals surface area contributed by atoms with E-state index in [-0.39, 0.29) is 18.6 Å². The van der Waals surface area contributed by atoms with Crippen LogP contribution < -0.4 is 9.64 Å². The average Bonchev–Trinajstić information content (AvgIpc) is 2.82. The van der Waals surface area contributed by atoms with Gasteiger partial charge in [-0.05, 0) is 52.3 Å². The van der Waals surface area contributed by atoms with Gasteiger partial charge >= 0.3 is 6.18 Å². The van der Waals surface area contributed by atoms with Gasteiger partial charge in [0, 0.05) is 60.6 Å². The highest BCUT2D eigenvalue weighted by Crippen LogP contribution is 2.44. The molecule has 2 aromatic rings. The number of allylic oxidation sites excluding steroid dienone is 2. The van der Waals surface area contributed by atoms with Crippen molar-refractivity contribution in [2.24, 2.45) is 5.41 Å². The Morgan fingerprint density at radius 1 is 1.17 bits per heavy atom. The summed E-state index contributed by atoms with van der Waals surface area (Å²) in [7, 11) is 0. The van der Waals surface area contributed by atoms with Crippen LogP contribution in [0.1, 0.15) is 58.2 Å². The summed E-state index contributed by atoms with van der Waals surface area (Å²) in [6.45, 7) is 12.4. The lowest BCUT2D eigenvalue weighted by molar-refractivity contribution is -0.146. The molecule has 2 fully saturated rings. The number of likely N-dealkylation sites (tertiary alicyclic amines) is 1. The quantitative estimate of drug-likeness (QED) is 0.287. The third-order valence-corrected chi connectivity index (χ3v) is 7.99. The molecule has 0 amide bonds. The van der Waals surface area contributed by atoms with E-state index in [4.69, 9.17) is 31.7 Å². The molecule has 1 aromatic carbocycles. The molecular weight excluding hydrogens is 555 g/mol. The first kappa shape index (κ1) is 31.3. The molecule has 11 heteroatoms. The predicted molar refractivity (Wildman–Crippen MR) is 157 cm³/mol. The Bertz CT molecular complexity index is 1310. The Labute approximate surface area is 244 Å². The largest absolute Gasteiger partial charge is 0.491 e. The van der Waals surface area contributed by atoms with E-state index >= 15 is 0 Å². The second-order valence-electron chi connectivity index (χ2n) is 11.7. The molecule has 0 radical (unpaired) electrons. The van der Waals surface area contributed by atoms with Crippen molar-refractivity contribution in [3.8, 4) is 17.1 Å². The van der Waals surface area contributed by atoms with Gasteiger partial charge in [-0.3, -0.25) is 0 Å². The molecule has 0 unspecified atom stereocenters. The van der Waals surface area contributed by atoms with Crippen molar-refractivity contribution < 1.29 is 23.0 Å². The number of aliphatic hydroxyl groups excluding tert-OH is 1. The zero-order valence-electron chi connectivity index (χ0n) is 24.3. The number of alkyl halides is 3. The number of ether oxygens (including phenoxy) is 1. The second-order valence-corrected chi connectivity index (χ2v) is 12.1. The van der Waals surface area contributed by atoms with Gasteiger partial charge in [0.2, 0.25) is 0 Å². The minimum atomic E-state index is -4.15. The third-order valence-electron chi connectivity index (χ3n) is 7.66. The van der Waals surface area contributed by atoms with Crippen LogP contribution in [0.15, 0.2) is 23.8 Å². The van der Waals surface area contributed by atoms with E-state index in [1.807, 2.05) is 32.6 Å². The van der Waals surface area contributed by atoms with E-state index < -0.39 is 18.7 Å². The summed E-state index contributed by atoms with van der Waals surface area (Å²) in [5, 5.41) is 19.0. The van der Waals surface area contributed by atoms with Gasteiger partial charge in [-0.15, -0.1) is 0 Å². The van der Waals surface area contributed by atoms with Crippen molar-refractivity contribution in [3.05, 3.63) is 40.1 Å². The van der Waals surface area contributed by atoms with Crippen LogP contribution in [0, 0.1) is 17.7 Å². The number of rotatable bonds is 11. The maximum atomic E-state index is 12.7. The average molecular weight is 594 g/mol. The molecule has 1 aromatic heterocycles. The summed E-state index contributed by atoms with van der Waals surface area (Å²) in [6.07, 6.45) is -4.02. The van der Waals surface area contributed by atoms with E-state index in [0.717, 1.165) is 28.9 Å². The molecule has 2 N–H and O–H groups in total. The summed E-state index contributed by atoms with van der Waals surface area (Å²) in [6, 6.07) is 5.22. The monoisotopic (exact) mass is 593 g/mol. The fourth-order valence-electron chi connectivity index (χ4n) is 5.80. The molecule has 0 saturated carbocycles. The molecule has 0 bridgehead atoms. The van der Waals surface area contributed by atoms with Gasteiger partial charge in [-0.1, -0.05) is 30.5 Å². The summed E-state index contributed by atoms with van der Waals surface area (Å²) >= 11 is 6.64. The van der Waals surface area contributed by atoms with Gasteiger partial charge in [-0.25, -0.2) is 9.97 Å². The Balaban J connectivity index is 1.64. The molecule has 1 spiro atoms. The fourth-order valence-corrected chi connectivity index (χ4v) is 6.00. The van der Waals surface area contributed by atoms with Crippen LogP contribution in [0.4, 0.5) is 19.0 Å². The number of anilines is 1. The number of nitrogens with one attached hydrogen (secondary N) is 1. The van der Waals surface area contributed by atoms with E-state index in [1.54, 1.807) is 25.1 Å². The van der Waals surface area contributed by atoms with Gasteiger partial charge in [0.05, 0.1) is 23.2 Å². The molecule has 2 aliphatic rings. The molecule has 2 aliphatic heterocycles. The smallest absolute Gasteiger partial charge is 0.390 e. The lowest BCUT2D eigenvalue weighted by Gasteiger charge is -2.61. The van der Waals surface area contributed by atoms with Crippen LogP contribution in [-0.4, -0.2) is 77.3 Å². The molecule has 0 aliphatic carbocycles. The number of aliphatic hydroxyl groups is 1. The Hall–Kier alpha value is -2.69. The SMILES string of the molecule is CCC[C@@H](O)COc1ccc(Cl)c(-c2nc(C(C(C)=N)=C(C)C)c(C)c(N3CC4(CN(CCC(F)(F)F)C4)C3)n2)c1. The zero-order chi connectivity index (χ0) is 30.1. The molecule has 4 rings (SSSR count). The number of nitrogens with zero attached hydrogens (tertiary/aromatic N) is 4. The second kappa shape index (κ2) is 12.3. The van der Waals surface area contributed by atoms with Crippen LogP contribution >= 0.6 is 11.6 Å². The molecule has 2 saturated heterocycles. The molecule has 41 heavy (non-hydrogen) atoms. The first-order valence-corrected chi connectivity index (χ1v) is 14.4. The van der Waals surface area contributed by atoms with Crippen molar-refractivity contribution in [3.63, 3.8) is 0 Å². The maximum Gasteiger partial charge on any atom is 0.390 e. The molecule has 224 valence electrons. The van der Waals surface area contributed by atoms with Gasteiger partial charge in [0.1, 0.15) is 18.2 Å². The van der Waals surface area contributed by atoms with Crippen molar-refractivity contribution in [1.29, 1.82) is 5.41 Å². The minimum Gasteiger partial charge on any atom is -0.491 e. The van der Waals surface area contributed by atoms with Crippen LogP contribution in [-0.2, 0) is 0 Å². The number of hydrogen-bond donors (Lipinski definition) is 2. The van der Waals surface area contributed by atoms with E-state index in [1.165, 1.54) is 0 Å². The summed E-state index contributed by atoms with van der Waals surface area (Å²) < 4.78 is 43.8. The third kappa shape index (κ3) is 7.21. The Kier molecular flexibility index (Phi) is 9.35. The number of halogens is 4. The van der Waals surface area contributed by atoms with Crippen molar-refractivity contribution >= 4 is 28.7 Å². The van der Waals surface area contributed by atoms with Gasteiger partial charge in [-0.2, -0.15) is 13.2 Å². The zero-order valence-corrected chi connectivity index (χ0v) is 25.1. The van der Waals surface area contributed by atoms with Crippen molar-refractivity contribution in [1.82, 2.24) is 14.9 Å².